The van der Waals surface area contributed by atoms with E-state index in [4.69, 9.17) is 10.5 Å². The summed E-state index contributed by atoms with van der Waals surface area (Å²) in [4.78, 5) is 11.7. The van der Waals surface area contributed by atoms with Gasteiger partial charge in [0.05, 0.1) is 19.1 Å². The number of hydrogen-bond donors (Lipinski definition) is 1. The molecule has 2 N–H and O–H groups in total. The van der Waals surface area contributed by atoms with Crippen LogP contribution < -0.4 is 5.73 Å². The zero-order valence-corrected chi connectivity index (χ0v) is 7.50. The second kappa shape index (κ2) is 3.38. The molecule has 0 aliphatic carbocycles. The van der Waals surface area contributed by atoms with Crippen LogP contribution in [0.4, 0.5) is 10.1 Å². The first-order valence-corrected chi connectivity index (χ1v) is 4.35. The fraction of sp³-hybridized carbons (Fsp3) is 0.300. The summed E-state index contributed by atoms with van der Waals surface area (Å²) in [5.41, 5.74) is 6.16. The van der Waals surface area contributed by atoms with E-state index in [0.717, 1.165) is 0 Å². The third-order valence-corrected chi connectivity index (χ3v) is 2.29. The zero-order chi connectivity index (χ0) is 10.1. The van der Waals surface area contributed by atoms with Crippen molar-refractivity contribution >= 4 is 11.5 Å². The van der Waals surface area contributed by atoms with Crippen LogP contribution in [0, 0.1) is 11.7 Å². The molecule has 0 aromatic heterocycles. The maximum atomic E-state index is 12.9. The normalized spacial score (nSPS) is 16.4. The highest BCUT2D eigenvalue weighted by Crippen LogP contribution is 2.21. The molecule has 1 saturated heterocycles. The molecule has 1 aromatic carbocycles. The minimum atomic E-state index is -0.442. The van der Waals surface area contributed by atoms with E-state index in [1.165, 1.54) is 18.2 Å². The second-order valence-corrected chi connectivity index (χ2v) is 3.33. The van der Waals surface area contributed by atoms with Gasteiger partial charge in [0.2, 0.25) is 0 Å². The van der Waals surface area contributed by atoms with Crippen LogP contribution in [-0.4, -0.2) is 19.0 Å². The Morgan fingerprint density at radius 2 is 2.21 bits per heavy atom. The number of nitrogen functional groups attached to an aromatic ring is 1. The maximum absolute atomic E-state index is 12.9. The average Bonchev–Trinajstić information content (AvgIpc) is 2.06. The van der Waals surface area contributed by atoms with Crippen LogP contribution in [0.1, 0.15) is 10.4 Å². The van der Waals surface area contributed by atoms with Gasteiger partial charge >= 0.3 is 0 Å². The predicted octanol–water partition coefficient (Wildman–Crippen LogP) is 1.24. The lowest BCUT2D eigenvalue weighted by molar-refractivity contribution is -0.0194. The number of halogens is 1. The number of anilines is 1. The van der Waals surface area contributed by atoms with Crippen LogP contribution in [-0.2, 0) is 4.74 Å². The van der Waals surface area contributed by atoms with Crippen molar-refractivity contribution in [3.8, 4) is 0 Å². The summed E-state index contributed by atoms with van der Waals surface area (Å²) in [6, 6.07) is 3.82. The van der Waals surface area contributed by atoms with E-state index in [-0.39, 0.29) is 17.3 Å². The SMILES string of the molecule is Nc1ccc(F)cc1C(=O)C1COC1. The summed E-state index contributed by atoms with van der Waals surface area (Å²) in [6.07, 6.45) is 0. The fourth-order valence-electron chi connectivity index (χ4n) is 1.35. The van der Waals surface area contributed by atoms with Crippen molar-refractivity contribution in [1.29, 1.82) is 0 Å². The van der Waals surface area contributed by atoms with Crippen LogP contribution in [0.25, 0.3) is 0 Å². The number of nitrogens with two attached hydrogens (primary N) is 1. The lowest BCUT2D eigenvalue weighted by atomic mass is 9.95. The van der Waals surface area contributed by atoms with Crippen LogP contribution in [0.15, 0.2) is 18.2 Å². The van der Waals surface area contributed by atoms with Crippen LogP contribution in [0.3, 0.4) is 0 Å². The number of rotatable bonds is 2. The Bertz CT molecular complexity index is 374. The minimum Gasteiger partial charge on any atom is -0.398 e. The highest BCUT2D eigenvalue weighted by Gasteiger charge is 2.28. The molecule has 0 amide bonds. The highest BCUT2D eigenvalue weighted by atomic mass is 19.1. The smallest absolute Gasteiger partial charge is 0.172 e. The zero-order valence-electron chi connectivity index (χ0n) is 7.50. The molecule has 1 aromatic rings. The average molecular weight is 195 g/mol. The number of benzene rings is 1. The molecule has 4 heteroatoms. The number of hydrogen-bond acceptors (Lipinski definition) is 3. The maximum Gasteiger partial charge on any atom is 0.172 e. The van der Waals surface area contributed by atoms with Crippen LogP contribution in [0.5, 0.6) is 0 Å². The van der Waals surface area contributed by atoms with Crippen molar-refractivity contribution in [3.05, 3.63) is 29.6 Å². The molecule has 1 aliphatic heterocycles. The quantitative estimate of drug-likeness (QED) is 0.570. The lowest BCUT2D eigenvalue weighted by Gasteiger charge is -2.24. The van der Waals surface area contributed by atoms with E-state index in [1.807, 2.05) is 0 Å². The van der Waals surface area contributed by atoms with Gasteiger partial charge < -0.3 is 10.5 Å². The Hall–Kier alpha value is -1.42. The van der Waals surface area contributed by atoms with E-state index < -0.39 is 5.82 Å². The van der Waals surface area contributed by atoms with Gasteiger partial charge in [-0.2, -0.15) is 0 Å². The van der Waals surface area contributed by atoms with Crippen molar-refractivity contribution in [1.82, 2.24) is 0 Å². The van der Waals surface area contributed by atoms with Crippen molar-refractivity contribution in [2.75, 3.05) is 18.9 Å². The van der Waals surface area contributed by atoms with Gasteiger partial charge in [0.1, 0.15) is 5.82 Å². The fourth-order valence-corrected chi connectivity index (χ4v) is 1.35. The second-order valence-electron chi connectivity index (χ2n) is 3.33. The first-order chi connectivity index (χ1) is 6.68. The molecule has 1 fully saturated rings. The first-order valence-electron chi connectivity index (χ1n) is 4.35. The van der Waals surface area contributed by atoms with Gasteiger partial charge in [0, 0.05) is 11.3 Å². The summed E-state index contributed by atoms with van der Waals surface area (Å²) in [7, 11) is 0. The number of carbonyl (C=O) groups is 1. The topological polar surface area (TPSA) is 52.3 Å². The Morgan fingerprint density at radius 3 is 2.79 bits per heavy atom. The molecule has 14 heavy (non-hydrogen) atoms. The Kier molecular flexibility index (Phi) is 2.21. The summed E-state index contributed by atoms with van der Waals surface area (Å²) >= 11 is 0. The molecule has 0 bridgehead atoms. The van der Waals surface area contributed by atoms with E-state index in [2.05, 4.69) is 0 Å². The Balaban J connectivity index is 2.29. The molecule has 0 unspecified atom stereocenters. The van der Waals surface area contributed by atoms with Gasteiger partial charge in [0.25, 0.3) is 0 Å². The van der Waals surface area contributed by atoms with Gasteiger partial charge in [-0.15, -0.1) is 0 Å². The van der Waals surface area contributed by atoms with Gasteiger partial charge in [-0.1, -0.05) is 0 Å². The first kappa shape index (κ1) is 9.15. The molecule has 74 valence electrons. The number of ketones is 1. The molecule has 2 rings (SSSR count). The standard InChI is InChI=1S/C10H10FNO2/c11-7-1-2-9(12)8(3-7)10(13)6-4-14-5-6/h1-3,6H,4-5,12H2. The van der Waals surface area contributed by atoms with Gasteiger partial charge in [0.15, 0.2) is 5.78 Å². The van der Waals surface area contributed by atoms with Crippen LogP contribution in [0.2, 0.25) is 0 Å². The molecule has 0 spiro atoms. The Morgan fingerprint density at radius 1 is 1.50 bits per heavy atom. The minimum absolute atomic E-state index is 0.131. The number of carbonyl (C=O) groups excluding carboxylic acids is 1. The summed E-state index contributed by atoms with van der Waals surface area (Å²) < 4.78 is 17.7. The molecule has 0 saturated carbocycles. The molecular formula is C10H10FNO2. The molecule has 0 atom stereocenters. The third kappa shape index (κ3) is 1.48. The summed E-state index contributed by atoms with van der Waals surface area (Å²) in [5, 5.41) is 0. The van der Waals surface area contributed by atoms with Crippen molar-refractivity contribution in [2.45, 2.75) is 0 Å². The van der Waals surface area contributed by atoms with Crippen molar-refractivity contribution < 1.29 is 13.9 Å². The van der Waals surface area contributed by atoms with Crippen molar-refractivity contribution in [3.63, 3.8) is 0 Å². The van der Waals surface area contributed by atoms with Crippen LogP contribution >= 0.6 is 0 Å². The summed E-state index contributed by atoms with van der Waals surface area (Å²) in [6.45, 7) is 0.823. The summed E-state index contributed by atoms with van der Waals surface area (Å²) in [5.74, 6) is -0.727. The predicted molar refractivity (Wildman–Crippen MR) is 49.5 cm³/mol. The molecule has 1 heterocycles. The number of ether oxygens (including phenoxy) is 1. The third-order valence-electron chi connectivity index (χ3n) is 2.29. The van der Waals surface area contributed by atoms with E-state index in [1.54, 1.807) is 0 Å². The lowest BCUT2D eigenvalue weighted by Crippen LogP contribution is -2.35. The molecule has 3 nitrogen and oxygen atoms in total. The molecular weight excluding hydrogens is 185 g/mol. The largest absolute Gasteiger partial charge is 0.398 e. The molecule has 1 aliphatic rings. The van der Waals surface area contributed by atoms with E-state index >= 15 is 0 Å². The van der Waals surface area contributed by atoms with Crippen molar-refractivity contribution in [2.24, 2.45) is 5.92 Å². The Labute approximate surface area is 80.7 Å². The van der Waals surface area contributed by atoms with E-state index in [0.29, 0.717) is 18.9 Å². The molecule has 0 radical (unpaired) electrons. The van der Waals surface area contributed by atoms with Gasteiger partial charge in [-0.25, -0.2) is 4.39 Å². The number of Topliss-reactive ketones (excluding diaryl/α,β-unsaturated/α-hetero) is 1. The van der Waals surface area contributed by atoms with Gasteiger partial charge in [-0.05, 0) is 18.2 Å². The monoisotopic (exact) mass is 195 g/mol. The van der Waals surface area contributed by atoms with Gasteiger partial charge in [-0.3, -0.25) is 4.79 Å². The van der Waals surface area contributed by atoms with E-state index in [9.17, 15) is 9.18 Å². The highest BCUT2D eigenvalue weighted by molar-refractivity contribution is 6.02.